The molecule has 0 aliphatic carbocycles. The van der Waals surface area contributed by atoms with Gasteiger partial charge >= 0.3 is 12.1 Å². The van der Waals surface area contributed by atoms with Crippen LogP contribution in [0.2, 0.25) is 0 Å². The molecule has 31 heavy (non-hydrogen) atoms. The van der Waals surface area contributed by atoms with Crippen LogP contribution in [0.15, 0.2) is 63.6 Å². The Balaban J connectivity index is 2.33. The van der Waals surface area contributed by atoms with Crippen LogP contribution >= 0.6 is 31.9 Å². The van der Waals surface area contributed by atoms with Gasteiger partial charge < -0.3 is 19.7 Å². The van der Waals surface area contributed by atoms with E-state index in [-0.39, 0.29) is 5.75 Å². The van der Waals surface area contributed by atoms with Crippen molar-refractivity contribution in [3.8, 4) is 5.75 Å². The summed E-state index contributed by atoms with van der Waals surface area (Å²) in [5.41, 5.74) is 0.911. The second kappa shape index (κ2) is 12.5. The van der Waals surface area contributed by atoms with E-state index in [9.17, 15) is 14.7 Å². The monoisotopic (exact) mass is 555 g/mol. The zero-order valence-electron chi connectivity index (χ0n) is 16.8. The molecule has 0 aliphatic heterocycles. The van der Waals surface area contributed by atoms with Crippen LogP contribution in [0.1, 0.15) is 31.4 Å². The van der Waals surface area contributed by atoms with Gasteiger partial charge in [0.1, 0.15) is 5.75 Å². The number of carbonyl (C=O) groups excluding carboxylic acids is 1. The van der Waals surface area contributed by atoms with E-state index in [0.717, 1.165) is 6.08 Å². The predicted molar refractivity (Wildman–Crippen MR) is 124 cm³/mol. The summed E-state index contributed by atoms with van der Waals surface area (Å²) in [6.45, 7) is 2.14. The van der Waals surface area contributed by atoms with Gasteiger partial charge in [-0.25, -0.2) is 9.59 Å². The highest BCUT2D eigenvalue weighted by Crippen LogP contribution is 2.39. The van der Waals surface area contributed by atoms with Crippen LogP contribution in [0.5, 0.6) is 5.75 Å². The number of hydrogen-bond acceptors (Lipinski definition) is 5. The number of hydrogen-bond donors (Lipinski definition) is 3. The largest absolute Gasteiger partial charge is 0.506 e. The van der Waals surface area contributed by atoms with Crippen LogP contribution in [-0.2, 0) is 14.3 Å². The molecule has 7 nitrogen and oxygen atoms in total. The number of carbonyl (C=O) groups is 2. The van der Waals surface area contributed by atoms with Crippen LogP contribution in [0.3, 0.4) is 0 Å². The average molecular weight is 557 g/mol. The lowest BCUT2D eigenvalue weighted by molar-refractivity contribution is -0.131. The first-order chi connectivity index (χ1) is 14.8. The van der Waals surface area contributed by atoms with Crippen molar-refractivity contribution >= 4 is 49.6 Å². The summed E-state index contributed by atoms with van der Waals surface area (Å²) in [6, 6.07) is 12.2. The van der Waals surface area contributed by atoms with Gasteiger partial charge in [0.15, 0.2) is 6.10 Å². The smallest absolute Gasteiger partial charge is 0.412 e. The lowest BCUT2D eigenvalue weighted by atomic mass is 9.99. The summed E-state index contributed by atoms with van der Waals surface area (Å²) in [5, 5.41) is 22.1. The maximum atomic E-state index is 12.6. The van der Waals surface area contributed by atoms with E-state index in [1.165, 1.54) is 6.08 Å². The molecule has 1 amide bonds. The second-order valence-electron chi connectivity index (χ2n) is 6.45. The van der Waals surface area contributed by atoms with Crippen molar-refractivity contribution in [3.63, 3.8) is 0 Å². The molecule has 2 aromatic rings. The number of amides is 1. The zero-order valence-corrected chi connectivity index (χ0v) is 19.9. The first-order valence-electron chi connectivity index (χ1n) is 9.53. The number of aromatic hydroxyl groups is 1. The van der Waals surface area contributed by atoms with Gasteiger partial charge in [-0.05, 0) is 60.0 Å². The van der Waals surface area contributed by atoms with Crippen molar-refractivity contribution < 1.29 is 29.3 Å². The zero-order chi connectivity index (χ0) is 22.8. The maximum Gasteiger partial charge on any atom is 0.412 e. The molecule has 9 heteroatoms. The number of phenols is 1. The van der Waals surface area contributed by atoms with Gasteiger partial charge in [-0.1, -0.05) is 40.2 Å². The SMILES string of the molecule is CCO[C@@H](CC/C=C/C(=O)O)[C@@H](OC(=O)Nc1ccccc1)c1cc(Br)cc(Br)c1O. The molecule has 2 aromatic carbocycles. The van der Waals surface area contributed by atoms with E-state index in [1.807, 2.05) is 6.07 Å². The fourth-order valence-electron chi connectivity index (χ4n) is 2.91. The number of phenolic OH excluding ortho intramolecular Hbond substituents is 1. The minimum absolute atomic E-state index is 0.0773. The topological polar surface area (TPSA) is 105 Å². The molecule has 0 heterocycles. The van der Waals surface area contributed by atoms with Crippen molar-refractivity contribution in [2.75, 3.05) is 11.9 Å². The summed E-state index contributed by atoms with van der Waals surface area (Å²) in [5.74, 6) is -1.12. The van der Waals surface area contributed by atoms with Crippen molar-refractivity contribution in [2.24, 2.45) is 0 Å². The third kappa shape index (κ3) is 8.01. The molecule has 0 bridgehead atoms. The van der Waals surface area contributed by atoms with E-state index in [0.29, 0.717) is 39.6 Å². The number of carboxylic acids is 1. The molecule has 0 spiro atoms. The highest BCUT2D eigenvalue weighted by molar-refractivity contribution is 9.11. The lowest BCUT2D eigenvalue weighted by Crippen LogP contribution is -2.29. The number of carboxylic acid groups (broad SMARTS) is 1. The average Bonchev–Trinajstić information content (AvgIpc) is 2.72. The second-order valence-corrected chi connectivity index (χ2v) is 8.22. The molecular formula is C22H23Br2NO6. The summed E-state index contributed by atoms with van der Waals surface area (Å²) >= 11 is 6.69. The number of rotatable bonds is 10. The maximum absolute atomic E-state index is 12.6. The van der Waals surface area contributed by atoms with Gasteiger partial charge in [-0.15, -0.1) is 0 Å². The summed E-state index contributed by atoms with van der Waals surface area (Å²) in [7, 11) is 0. The molecule has 2 atom stereocenters. The van der Waals surface area contributed by atoms with Crippen LogP contribution < -0.4 is 5.32 Å². The van der Waals surface area contributed by atoms with Gasteiger partial charge in [0.2, 0.25) is 0 Å². The normalized spacial score (nSPS) is 13.0. The molecule has 0 saturated heterocycles. The van der Waals surface area contributed by atoms with Crippen LogP contribution in [-0.4, -0.2) is 35.0 Å². The first kappa shape index (κ1) is 24.9. The number of benzene rings is 2. The van der Waals surface area contributed by atoms with Gasteiger partial charge in [-0.3, -0.25) is 5.32 Å². The Bertz CT molecular complexity index is 920. The summed E-state index contributed by atoms with van der Waals surface area (Å²) in [4.78, 5) is 23.3. The Labute approximate surface area is 197 Å². The number of halogens is 2. The summed E-state index contributed by atoms with van der Waals surface area (Å²) in [6.07, 6.45) is 1.02. The van der Waals surface area contributed by atoms with Crippen molar-refractivity contribution in [3.05, 3.63) is 69.1 Å². The minimum atomic E-state index is -1.04. The molecule has 0 unspecified atom stereocenters. The number of anilines is 1. The molecule has 0 radical (unpaired) electrons. The molecule has 166 valence electrons. The first-order valence-corrected chi connectivity index (χ1v) is 11.1. The number of aliphatic carboxylic acids is 1. The number of ether oxygens (including phenoxy) is 2. The van der Waals surface area contributed by atoms with Gasteiger partial charge in [-0.2, -0.15) is 0 Å². The van der Waals surface area contributed by atoms with E-state index in [1.54, 1.807) is 43.3 Å². The molecule has 0 aliphatic rings. The molecule has 0 aromatic heterocycles. The Morgan fingerprint density at radius 1 is 1.19 bits per heavy atom. The number of nitrogens with one attached hydrogen (secondary N) is 1. The van der Waals surface area contributed by atoms with Crippen molar-refractivity contribution in [2.45, 2.75) is 32.0 Å². The Morgan fingerprint density at radius 2 is 1.90 bits per heavy atom. The van der Waals surface area contributed by atoms with Gasteiger partial charge in [0.25, 0.3) is 0 Å². The van der Waals surface area contributed by atoms with E-state index >= 15 is 0 Å². The highest BCUT2D eigenvalue weighted by atomic mass is 79.9. The summed E-state index contributed by atoms with van der Waals surface area (Å²) < 4.78 is 12.6. The molecule has 2 rings (SSSR count). The van der Waals surface area contributed by atoms with Gasteiger partial charge in [0.05, 0.1) is 10.6 Å². The van der Waals surface area contributed by atoms with Crippen molar-refractivity contribution in [1.29, 1.82) is 0 Å². The number of para-hydroxylation sites is 1. The lowest BCUT2D eigenvalue weighted by Gasteiger charge is -2.28. The predicted octanol–water partition coefficient (Wildman–Crippen LogP) is 6.03. The third-order valence-corrected chi connectivity index (χ3v) is 5.28. The Hall–Kier alpha value is -2.36. The van der Waals surface area contributed by atoms with Crippen LogP contribution in [0, 0.1) is 0 Å². The number of allylic oxidation sites excluding steroid dienone is 1. The van der Waals surface area contributed by atoms with Crippen LogP contribution in [0.4, 0.5) is 10.5 Å². The Morgan fingerprint density at radius 3 is 2.55 bits per heavy atom. The standard InChI is InChI=1S/C22H23Br2NO6/c1-2-30-18(10-6-7-11-19(26)27)21(16-12-14(23)13-17(24)20(16)28)31-22(29)25-15-8-4-3-5-9-15/h3-5,7-9,11-13,18,21,28H,2,6,10H2,1H3,(H,25,29)(H,26,27)/b11-7+/t18-,21-/m0/s1. The van der Waals surface area contributed by atoms with E-state index in [4.69, 9.17) is 14.6 Å². The van der Waals surface area contributed by atoms with Crippen LogP contribution in [0.25, 0.3) is 0 Å². The fraction of sp³-hybridized carbons (Fsp3) is 0.273. The molecule has 0 saturated carbocycles. The third-order valence-electron chi connectivity index (χ3n) is 4.22. The van der Waals surface area contributed by atoms with E-state index < -0.39 is 24.3 Å². The quantitative estimate of drug-likeness (QED) is 0.308. The Kier molecular flexibility index (Phi) is 10.0. The van der Waals surface area contributed by atoms with E-state index in [2.05, 4.69) is 37.2 Å². The molecule has 0 fully saturated rings. The minimum Gasteiger partial charge on any atom is -0.506 e. The molecular weight excluding hydrogens is 534 g/mol. The fourth-order valence-corrected chi connectivity index (χ4v) is 4.17. The molecule has 3 N–H and O–H groups in total. The van der Waals surface area contributed by atoms with Crippen molar-refractivity contribution in [1.82, 2.24) is 0 Å². The highest BCUT2D eigenvalue weighted by Gasteiger charge is 2.31. The van der Waals surface area contributed by atoms with Gasteiger partial charge in [0, 0.05) is 28.4 Å².